The van der Waals surface area contributed by atoms with E-state index in [9.17, 15) is 0 Å². The van der Waals surface area contributed by atoms with E-state index in [1.165, 1.54) is 0 Å². The van der Waals surface area contributed by atoms with Crippen LogP contribution in [0.3, 0.4) is 0 Å². The third-order valence-electron chi connectivity index (χ3n) is 2.71. The summed E-state index contributed by atoms with van der Waals surface area (Å²) in [5.74, 6) is 0.619. The van der Waals surface area contributed by atoms with Gasteiger partial charge in [-0.3, -0.25) is 9.98 Å². The molecule has 1 aliphatic heterocycles. The summed E-state index contributed by atoms with van der Waals surface area (Å²) < 4.78 is 1.95. The van der Waals surface area contributed by atoms with Crippen molar-refractivity contribution in [2.45, 2.75) is 19.4 Å². The number of nitrogens with two attached hydrogens (primary N) is 1. The number of rotatable bonds is 3. The highest BCUT2D eigenvalue weighted by atomic mass is 79.9. The van der Waals surface area contributed by atoms with Crippen LogP contribution in [-0.4, -0.2) is 28.9 Å². The van der Waals surface area contributed by atoms with Crippen LogP contribution in [0.4, 0.5) is 0 Å². The molecule has 4 nitrogen and oxygen atoms in total. The molecule has 92 valence electrons. The van der Waals surface area contributed by atoms with Gasteiger partial charge in [0.15, 0.2) is 5.96 Å². The summed E-state index contributed by atoms with van der Waals surface area (Å²) in [4.78, 5) is 10.9. The first-order valence-corrected chi connectivity index (χ1v) is 7.09. The second-order valence-corrected chi connectivity index (χ2v) is 5.70. The van der Waals surface area contributed by atoms with Crippen molar-refractivity contribution in [2.75, 3.05) is 13.1 Å². The number of guanidine groups is 1. The fourth-order valence-electron chi connectivity index (χ4n) is 1.94. The summed E-state index contributed by atoms with van der Waals surface area (Å²) in [7, 11) is 0. The van der Waals surface area contributed by atoms with E-state index in [1.807, 2.05) is 6.07 Å². The third-order valence-corrected chi connectivity index (χ3v) is 3.78. The smallest absolute Gasteiger partial charge is 0.191 e. The molecule has 2 N–H and O–H groups in total. The molecule has 0 saturated heterocycles. The van der Waals surface area contributed by atoms with Crippen LogP contribution in [0.2, 0.25) is 0 Å². The minimum atomic E-state index is 0.150. The van der Waals surface area contributed by atoms with Gasteiger partial charge in [-0.25, -0.2) is 0 Å². The van der Waals surface area contributed by atoms with Crippen molar-refractivity contribution in [3.63, 3.8) is 0 Å². The van der Waals surface area contributed by atoms with Gasteiger partial charge in [-0.2, -0.15) is 0 Å². The molecule has 0 saturated carbocycles. The van der Waals surface area contributed by atoms with Crippen LogP contribution in [0.5, 0.6) is 0 Å². The Morgan fingerprint density at radius 3 is 2.94 bits per heavy atom. The standard InChI is InChI=1S/C11H14Br2N4/c1-2-3-17-9(6-16-11(17)14)10-8(13)4-7(12)5-15-10/h4-5,9H,2-3,6H2,1H3,(H2,14,16). The molecule has 2 rings (SSSR count). The molecule has 6 heteroatoms. The lowest BCUT2D eigenvalue weighted by molar-refractivity contribution is 0.340. The first-order valence-electron chi connectivity index (χ1n) is 5.51. The average Bonchev–Trinajstić information content (AvgIpc) is 2.62. The highest BCUT2D eigenvalue weighted by Crippen LogP contribution is 2.30. The summed E-state index contributed by atoms with van der Waals surface area (Å²) in [6.07, 6.45) is 2.85. The molecule has 0 spiro atoms. The Kier molecular flexibility index (Phi) is 4.04. The van der Waals surface area contributed by atoms with Crippen LogP contribution in [0.25, 0.3) is 0 Å². The van der Waals surface area contributed by atoms with Crippen LogP contribution in [0.1, 0.15) is 25.1 Å². The number of aromatic nitrogens is 1. The van der Waals surface area contributed by atoms with Crippen molar-refractivity contribution in [1.29, 1.82) is 0 Å². The Balaban J connectivity index is 2.28. The normalized spacial score (nSPS) is 19.6. The van der Waals surface area contributed by atoms with Gasteiger partial charge in [-0.15, -0.1) is 0 Å². The molecule has 2 heterocycles. The van der Waals surface area contributed by atoms with Crippen molar-refractivity contribution >= 4 is 37.8 Å². The first kappa shape index (κ1) is 12.8. The van der Waals surface area contributed by atoms with Crippen LogP contribution in [0.15, 0.2) is 26.2 Å². The maximum absolute atomic E-state index is 5.90. The zero-order chi connectivity index (χ0) is 12.4. The molecular weight excluding hydrogens is 348 g/mol. The zero-order valence-electron chi connectivity index (χ0n) is 9.53. The number of aliphatic imine (C=N–C) groups is 1. The number of pyridine rings is 1. The molecule has 1 aliphatic rings. The summed E-state index contributed by atoms with van der Waals surface area (Å²) in [5, 5.41) is 0. The predicted molar refractivity (Wildman–Crippen MR) is 75.9 cm³/mol. The Labute approximate surface area is 118 Å². The minimum Gasteiger partial charge on any atom is -0.370 e. The molecule has 1 aromatic heterocycles. The SMILES string of the molecule is CCCN1C(N)=NCC1c1ncc(Br)cc1Br. The highest BCUT2D eigenvalue weighted by molar-refractivity contribution is 9.11. The number of halogens is 2. The fourth-order valence-corrected chi connectivity index (χ4v) is 3.20. The van der Waals surface area contributed by atoms with E-state index in [0.29, 0.717) is 12.5 Å². The Morgan fingerprint density at radius 1 is 1.53 bits per heavy atom. The van der Waals surface area contributed by atoms with Gasteiger partial charge in [0.2, 0.25) is 0 Å². The monoisotopic (exact) mass is 360 g/mol. The van der Waals surface area contributed by atoms with Crippen LogP contribution in [0, 0.1) is 0 Å². The third kappa shape index (κ3) is 2.63. The summed E-state index contributed by atoms with van der Waals surface area (Å²) >= 11 is 6.95. The van der Waals surface area contributed by atoms with Crippen molar-refractivity contribution < 1.29 is 0 Å². The van der Waals surface area contributed by atoms with Gasteiger partial charge in [-0.05, 0) is 44.3 Å². The molecule has 0 bridgehead atoms. The molecule has 0 aromatic carbocycles. The maximum atomic E-state index is 5.90. The Hall–Kier alpha value is -0.620. The van der Waals surface area contributed by atoms with E-state index in [2.05, 4.69) is 53.7 Å². The summed E-state index contributed by atoms with van der Waals surface area (Å²) in [6, 6.07) is 2.15. The van der Waals surface area contributed by atoms with Gasteiger partial charge in [0.25, 0.3) is 0 Å². The number of nitrogens with zero attached hydrogens (tertiary/aromatic N) is 3. The molecule has 1 atom stereocenters. The van der Waals surface area contributed by atoms with Crippen LogP contribution < -0.4 is 5.73 Å². The van der Waals surface area contributed by atoms with Crippen molar-refractivity contribution in [2.24, 2.45) is 10.7 Å². The van der Waals surface area contributed by atoms with E-state index in [1.54, 1.807) is 6.20 Å². The van der Waals surface area contributed by atoms with E-state index in [4.69, 9.17) is 5.73 Å². The average molecular weight is 362 g/mol. The maximum Gasteiger partial charge on any atom is 0.191 e. The Morgan fingerprint density at radius 2 is 2.29 bits per heavy atom. The lowest BCUT2D eigenvalue weighted by Gasteiger charge is -2.25. The van der Waals surface area contributed by atoms with Crippen LogP contribution >= 0.6 is 31.9 Å². The quantitative estimate of drug-likeness (QED) is 0.900. The lowest BCUT2D eigenvalue weighted by Crippen LogP contribution is -2.37. The molecule has 1 unspecified atom stereocenters. The molecule has 17 heavy (non-hydrogen) atoms. The molecule has 0 amide bonds. The summed E-state index contributed by atoms with van der Waals surface area (Å²) in [5.41, 5.74) is 6.89. The van der Waals surface area contributed by atoms with E-state index in [-0.39, 0.29) is 6.04 Å². The first-order chi connectivity index (χ1) is 8.13. The largest absolute Gasteiger partial charge is 0.370 e. The van der Waals surface area contributed by atoms with Gasteiger partial charge in [0, 0.05) is 21.7 Å². The van der Waals surface area contributed by atoms with Crippen LogP contribution in [-0.2, 0) is 0 Å². The van der Waals surface area contributed by atoms with Gasteiger partial charge in [-0.1, -0.05) is 6.92 Å². The second kappa shape index (κ2) is 5.35. The predicted octanol–water partition coefficient (Wildman–Crippen LogP) is 2.69. The van der Waals surface area contributed by atoms with Gasteiger partial charge in [0.1, 0.15) is 0 Å². The van der Waals surface area contributed by atoms with E-state index < -0.39 is 0 Å². The Bertz CT molecular complexity index is 447. The molecule has 0 fully saturated rings. The topological polar surface area (TPSA) is 54.5 Å². The van der Waals surface area contributed by atoms with Gasteiger partial charge in [0.05, 0.1) is 18.3 Å². The van der Waals surface area contributed by atoms with Crippen molar-refractivity contribution in [3.8, 4) is 0 Å². The highest BCUT2D eigenvalue weighted by Gasteiger charge is 2.29. The number of hydrogen-bond donors (Lipinski definition) is 1. The van der Waals surface area contributed by atoms with Crippen molar-refractivity contribution in [3.05, 3.63) is 26.9 Å². The van der Waals surface area contributed by atoms with Gasteiger partial charge < -0.3 is 10.6 Å². The van der Waals surface area contributed by atoms with Gasteiger partial charge >= 0.3 is 0 Å². The second-order valence-electron chi connectivity index (χ2n) is 3.93. The van der Waals surface area contributed by atoms with Crippen molar-refractivity contribution in [1.82, 2.24) is 9.88 Å². The fraction of sp³-hybridized carbons (Fsp3) is 0.455. The molecular formula is C11H14Br2N4. The molecule has 0 aliphatic carbocycles. The minimum absolute atomic E-state index is 0.150. The number of hydrogen-bond acceptors (Lipinski definition) is 4. The lowest BCUT2D eigenvalue weighted by atomic mass is 10.1. The molecule has 1 aromatic rings. The van der Waals surface area contributed by atoms with E-state index >= 15 is 0 Å². The summed E-state index contributed by atoms with van der Waals surface area (Å²) in [6.45, 7) is 3.72. The molecule has 0 radical (unpaired) electrons. The van der Waals surface area contributed by atoms with E-state index in [0.717, 1.165) is 27.6 Å². The zero-order valence-corrected chi connectivity index (χ0v) is 12.7.